The van der Waals surface area contributed by atoms with Crippen molar-refractivity contribution in [3.8, 4) is 0 Å². The Labute approximate surface area is 106 Å². The SMILES string of the molecule is CCN(CCNC(C)C)c1ncccc1Br. The van der Waals surface area contributed by atoms with Crippen molar-refractivity contribution >= 4 is 21.7 Å². The molecule has 1 heterocycles. The number of nitrogens with one attached hydrogen (secondary N) is 1. The van der Waals surface area contributed by atoms with Gasteiger partial charge in [-0.3, -0.25) is 0 Å². The molecule has 0 aromatic carbocycles. The number of hydrogen-bond donors (Lipinski definition) is 1. The second-order valence-corrected chi connectivity index (χ2v) is 4.85. The van der Waals surface area contributed by atoms with Crippen molar-refractivity contribution in [1.82, 2.24) is 10.3 Å². The van der Waals surface area contributed by atoms with Gasteiger partial charge in [-0.1, -0.05) is 13.8 Å². The van der Waals surface area contributed by atoms with Crippen LogP contribution < -0.4 is 10.2 Å². The highest BCUT2D eigenvalue weighted by Gasteiger charge is 2.08. The summed E-state index contributed by atoms with van der Waals surface area (Å²) in [5.74, 6) is 1.02. The summed E-state index contributed by atoms with van der Waals surface area (Å²) in [5.41, 5.74) is 0. The maximum atomic E-state index is 4.40. The summed E-state index contributed by atoms with van der Waals surface area (Å²) in [6.45, 7) is 9.39. The van der Waals surface area contributed by atoms with Crippen LogP contribution in [-0.2, 0) is 0 Å². The highest BCUT2D eigenvalue weighted by Crippen LogP contribution is 2.22. The number of aromatic nitrogens is 1. The zero-order valence-corrected chi connectivity index (χ0v) is 11.8. The number of halogens is 1. The normalized spacial score (nSPS) is 10.8. The fourth-order valence-corrected chi connectivity index (χ4v) is 2.02. The molecular weight excluding hydrogens is 266 g/mol. The summed E-state index contributed by atoms with van der Waals surface area (Å²) in [4.78, 5) is 6.66. The molecule has 0 unspecified atom stereocenters. The van der Waals surface area contributed by atoms with Crippen LogP contribution in [0.1, 0.15) is 20.8 Å². The summed E-state index contributed by atoms with van der Waals surface area (Å²) in [6.07, 6.45) is 1.83. The van der Waals surface area contributed by atoms with Gasteiger partial charge in [-0.25, -0.2) is 4.98 Å². The van der Waals surface area contributed by atoms with Crippen LogP contribution in [0.4, 0.5) is 5.82 Å². The van der Waals surface area contributed by atoms with E-state index in [0.29, 0.717) is 6.04 Å². The summed E-state index contributed by atoms with van der Waals surface area (Å²) in [7, 11) is 0. The average molecular weight is 286 g/mol. The number of rotatable bonds is 6. The minimum absolute atomic E-state index is 0.533. The van der Waals surface area contributed by atoms with Gasteiger partial charge in [0, 0.05) is 31.9 Å². The zero-order valence-electron chi connectivity index (χ0n) is 10.2. The number of nitrogens with zero attached hydrogens (tertiary/aromatic N) is 2. The van der Waals surface area contributed by atoms with Gasteiger partial charge in [-0.2, -0.15) is 0 Å². The molecular formula is C12H20BrN3. The number of pyridine rings is 1. The lowest BCUT2D eigenvalue weighted by atomic mass is 10.3. The van der Waals surface area contributed by atoms with E-state index in [-0.39, 0.29) is 0 Å². The molecule has 0 spiro atoms. The molecule has 1 aromatic heterocycles. The lowest BCUT2D eigenvalue weighted by Crippen LogP contribution is -2.35. The second-order valence-electron chi connectivity index (χ2n) is 4.00. The van der Waals surface area contributed by atoms with Crippen LogP contribution in [0.2, 0.25) is 0 Å². The van der Waals surface area contributed by atoms with Gasteiger partial charge in [0.1, 0.15) is 5.82 Å². The van der Waals surface area contributed by atoms with Crippen molar-refractivity contribution in [3.05, 3.63) is 22.8 Å². The van der Waals surface area contributed by atoms with Crippen molar-refractivity contribution in [2.45, 2.75) is 26.8 Å². The summed E-state index contributed by atoms with van der Waals surface area (Å²) in [6, 6.07) is 4.50. The Hall–Kier alpha value is -0.610. The molecule has 16 heavy (non-hydrogen) atoms. The van der Waals surface area contributed by atoms with Gasteiger partial charge in [-0.15, -0.1) is 0 Å². The van der Waals surface area contributed by atoms with E-state index in [2.05, 4.69) is 51.9 Å². The number of anilines is 1. The smallest absolute Gasteiger partial charge is 0.142 e. The molecule has 0 aliphatic carbocycles. The van der Waals surface area contributed by atoms with E-state index in [1.807, 2.05) is 18.3 Å². The van der Waals surface area contributed by atoms with Crippen molar-refractivity contribution in [2.24, 2.45) is 0 Å². The molecule has 1 aromatic rings. The summed E-state index contributed by atoms with van der Waals surface area (Å²) >= 11 is 3.53. The largest absolute Gasteiger partial charge is 0.355 e. The molecule has 3 nitrogen and oxygen atoms in total. The standard InChI is InChI=1S/C12H20BrN3/c1-4-16(9-8-14-10(2)3)12-11(13)6-5-7-15-12/h5-7,10,14H,4,8-9H2,1-3H3. The van der Waals surface area contributed by atoms with E-state index < -0.39 is 0 Å². The van der Waals surface area contributed by atoms with Crippen LogP contribution in [0.15, 0.2) is 22.8 Å². The maximum Gasteiger partial charge on any atom is 0.142 e. The Morgan fingerprint density at radius 1 is 1.50 bits per heavy atom. The Bertz CT molecular complexity index is 315. The minimum atomic E-state index is 0.533. The predicted octanol–water partition coefficient (Wildman–Crippen LogP) is 2.67. The van der Waals surface area contributed by atoms with E-state index in [1.54, 1.807) is 0 Å². The van der Waals surface area contributed by atoms with Crippen molar-refractivity contribution in [3.63, 3.8) is 0 Å². The first-order valence-corrected chi connectivity index (χ1v) is 6.53. The van der Waals surface area contributed by atoms with Crippen LogP contribution in [0.5, 0.6) is 0 Å². The first-order chi connectivity index (χ1) is 7.65. The fourth-order valence-electron chi connectivity index (χ4n) is 1.51. The highest BCUT2D eigenvalue weighted by molar-refractivity contribution is 9.10. The van der Waals surface area contributed by atoms with Crippen LogP contribution in [0.3, 0.4) is 0 Å². The molecule has 0 saturated carbocycles. The van der Waals surface area contributed by atoms with Crippen molar-refractivity contribution in [2.75, 3.05) is 24.5 Å². The molecule has 0 radical (unpaired) electrons. The minimum Gasteiger partial charge on any atom is -0.355 e. The van der Waals surface area contributed by atoms with Crippen molar-refractivity contribution in [1.29, 1.82) is 0 Å². The van der Waals surface area contributed by atoms with Crippen molar-refractivity contribution < 1.29 is 0 Å². The molecule has 0 fully saturated rings. The molecule has 0 aliphatic rings. The van der Waals surface area contributed by atoms with Gasteiger partial charge in [-0.05, 0) is 35.0 Å². The Morgan fingerprint density at radius 3 is 2.81 bits per heavy atom. The monoisotopic (exact) mass is 285 g/mol. The molecule has 1 rings (SSSR count). The van der Waals surface area contributed by atoms with Gasteiger partial charge >= 0.3 is 0 Å². The molecule has 90 valence electrons. The van der Waals surface area contributed by atoms with Crippen LogP contribution in [0.25, 0.3) is 0 Å². The fraction of sp³-hybridized carbons (Fsp3) is 0.583. The lowest BCUT2D eigenvalue weighted by Gasteiger charge is -2.23. The van der Waals surface area contributed by atoms with Gasteiger partial charge < -0.3 is 10.2 Å². The van der Waals surface area contributed by atoms with Gasteiger partial charge in [0.2, 0.25) is 0 Å². The molecule has 4 heteroatoms. The first-order valence-electron chi connectivity index (χ1n) is 5.74. The number of likely N-dealkylation sites (N-methyl/N-ethyl adjacent to an activating group) is 1. The molecule has 0 bridgehead atoms. The van der Waals surface area contributed by atoms with Gasteiger partial charge in [0.15, 0.2) is 0 Å². The average Bonchev–Trinajstić information content (AvgIpc) is 2.25. The molecule has 0 saturated heterocycles. The number of hydrogen-bond acceptors (Lipinski definition) is 3. The first kappa shape index (κ1) is 13.5. The maximum absolute atomic E-state index is 4.40. The van der Waals surface area contributed by atoms with Crippen LogP contribution in [-0.4, -0.2) is 30.7 Å². The van der Waals surface area contributed by atoms with Crippen LogP contribution >= 0.6 is 15.9 Å². The topological polar surface area (TPSA) is 28.2 Å². The van der Waals surface area contributed by atoms with E-state index in [1.165, 1.54) is 0 Å². The second kappa shape index (κ2) is 6.86. The molecule has 0 amide bonds. The summed E-state index contributed by atoms with van der Waals surface area (Å²) < 4.78 is 1.06. The summed E-state index contributed by atoms with van der Waals surface area (Å²) in [5, 5.41) is 3.41. The van der Waals surface area contributed by atoms with E-state index >= 15 is 0 Å². The van der Waals surface area contributed by atoms with E-state index in [9.17, 15) is 0 Å². The Morgan fingerprint density at radius 2 is 2.25 bits per heavy atom. The molecule has 1 N–H and O–H groups in total. The molecule has 0 atom stereocenters. The third kappa shape index (κ3) is 4.10. The van der Waals surface area contributed by atoms with Gasteiger partial charge in [0.05, 0.1) is 4.47 Å². The Balaban J connectivity index is 2.57. The van der Waals surface area contributed by atoms with Gasteiger partial charge in [0.25, 0.3) is 0 Å². The van der Waals surface area contributed by atoms with E-state index in [4.69, 9.17) is 0 Å². The molecule has 0 aliphatic heterocycles. The highest BCUT2D eigenvalue weighted by atomic mass is 79.9. The van der Waals surface area contributed by atoms with E-state index in [0.717, 1.165) is 29.9 Å². The quantitative estimate of drug-likeness (QED) is 0.871. The lowest BCUT2D eigenvalue weighted by molar-refractivity contribution is 0.582. The Kier molecular flexibility index (Phi) is 5.77. The third-order valence-electron chi connectivity index (χ3n) is 2.35. The zero-order chi connectivity index (χ0) is 12.0. The van der Waals surface area contributed by atoms with Crippen LogP contribution in [0, 0.1) is 0 Å². The third-order valence-corrected chi connectivity index (χ3v) is 2.97. The predicted molar refractivity (Wildman–Crippen MR) is 73.0 cm³/mol.